The zero-order valence-electron chi connectivity index (χ0n) is 12.8. The highest BCUT2D eigenvalue weighted by Crippen LogP contribution is 2.33. The summed E-state index contributed by atoms with van der Waals surface area (Å²) in [6.07, 6.45) is 6.11. The highest BCUT2D eigenvalue weighted by atomic mass is 32.2. The molecule has 0 aliphatic carbocycles. The van der Waals surface area contributed by atoms with Gasteiger partial charge in [0.05, 0.1) is 6.04 Å². The van der Waals surface area contributed by atoms with Crippen molar-refractivity contribution in [2.75, 3.05) is 19.3 Å². The molecule has 3 nitrogen and oxygen atoms in total. The Morgan fingerprint density at radius 3 is 2.90 bits per heavy atom. The lowest BCUT2D eigenvalue weighted by molar-refractivity contribution is 0.132. The molecule has 2 unspecified atom stereocenters. The molecule has 1 N–H and O–H groups in total. The number of thioether (sulfide) groups is 1. The van der Waals surface area contributed by atoms with Gasteiger partial charge in [-0.15, -0.1) is 11.8 Å². The first kappa shape index (κ1) is 16.0. The summed E-state index contributed by atoms with van der Waals surface area (Å²) < 4.78 is 0. The largest absolute Gasteiger partial charge is 0.334 e. The van der Waals surface area contributed by atoms with E-state index in [1.165, 1.54) is 5.56 Å². The highest BCUT2D eigenvalue weighted by molar-refractivity contribution is 8.01. The van der Waals surface area contributed by atoms with Crippen LogP contribution < -0.4 is 5.32 Å². The number of nitrogens with zero attached hydrogens (tertiary/aromatic N) is 1. The van der Waals surface area contributed by atoms with Crippen LogP contribution in [0, 0.1) is 5.92 Å². The Labute approximate surface area is 131 Å². The van der Waals surface area contributed by atoms with Crippen molar-refractivity contribution >= 4 is 17.8 Å². The Morgan fingerprint density at radius 2 is 2.19 bits per heavy atom. The van der Waals surface area contributed by atoms with E-state index >= 15 is 0 Å². The topological polar surface area (TPSA) is 32.3 Å². The summed E-state index contributed by atoms with van der Waals surface area (Å²) in [5.41, 5.74) is 1.24. The Balaban J connectivity index is 2.04. The van der Waals surface area contributed by atoms with E-state index in [0.29, 0.717) is 12.5 Å². The van der Waals surface area contributed by atoms with Gasteiger partial charge in [0.2, 0.25) is 0 Å². The molecule has 1 fully saturated rings. The fraction of sp³-hybridized carbons (Fsp3) is 0.471. The SMILES string of the molecule is CS/C=C/CNC(=O)N1CCC(C)CC1c1ccccc1. The molecule has 0 saturated carbocycles. The Kier molecular flexibility index (Phi) is 6.18. The van der Waals surface area contributed by atoms with Gasteiger partial charge in [0.1, 0.15) is 0 Å². The summed E-state index contributed by atoms with van der Waals surface area (Å²) in [5, 5.41) is 4.98. The van der Waals surface area contributed by atoms with Crippen molar-refractivity contribution in [2.45, 2.75) is 25.8 Å². The predicted molar refractivity (Wildman–Crippen MR) is 90.3 cm³/mol. The average molecular weight is 304 g/mol. The van der Waals surface area contributed by atoms with Gasteiger partial charge < -0.3 is 10.2 Å². The van der Waals surface area contributed by atoms with Crippen LogP contribution >= 0.6 is 11.8 Å². The van der Waals surface area contributed by atoms with Gasteiger partial charge in [-0.05, 0) is 36.0 Å². The van der Waals surface area contributed by atoms with Crippen LogP contribution in [0.15, 0.2) is 41.8 Å². The van der Waals surface area contributed by atoms with Crippen LogP contribution in [0.5, 0.6) is 0 Å². The minimum atomic E-state index is 0.0431. The molecule has 2 amide bonds. The molecule has 114 valence electrons. The first-order valence-corrected chi connectivity index (χ1v) is 8.78. The van der Waals surface area contributed by atoms with Crippen LogP contribution in [0.3, 0.4) is 0 Å². The lowest BCUT2D eigenvalue weighted by Gasteiger charge is -2.38. The molecular formula is C17H24N2OS. The van der Waals surface area contributed by atoms with Crippen molar-refractivity contribution in [3.63, 3.8) is 0 Å². The highest BCUT2D eigenvalue weighted by Gasteiger charge is 2.30. The summed E-state index contributed by atoms with van der Waals surface area (Å²) in [4.78, 5) is 14.4. The third-order valence-corrected chi connectivity index (χ3v) is 4.38. The van der Waals surface area contributed by atoms with Gasteiger partial charge in [0.15, 0.2) is 0 Å². The molecular weight excluding hydrogens is 280 g/mol. The summed E-state index contributed by atoms with van der Waals surface area (Å²) in [6, 6.07) is 10.6. The van der Waals surface area contributed by atoms with E-state index in [0.717, 1.165) is 19.4 Å². The molecule has 1 aliphatic heterocycles. The third-order valence-electron chi connectivity index (χ3n) is 3.91. The van der Waals surface area contributed by atoms with Gasteiger partial charge in [-0.3, -0.25) is 0 Å². The summed E-state index contributed by atoms with van der Waals surface area (Å²) in [7, 11) is 0. The van der Waals surface area contributed by atoms with Crippen molar-refractivity contribution in [3.8, 4) is 0 Å². The van der Waals surface area contributed by atoms with Crippen LogP contribution in [0.1, 0.15) is 31.4 Å². The Bertz CT molecular complexity index is 475. The van der Waals surface area contributed by atoms with E-state index in [9.17, 15) is 4.79 Å². The average Bonchev–Trinajstić information content (AvgIpc) is 2.52. The maximum Gasteiger partial charge on any atom is 0.318 e. The minimum absolute atomic E-state index is 0.0431. The normalized spacial score (nSPS) is 22.5. The molecule has 0 spiro atoms. The van der Waals surface area contributed by atoms with Crippen LogP contribution in [0.4, 0.5) is 4.79 Å². The molecule has 1 aromatic rings. The number of rotatable bonds is 4. The van der Waals surface area contributed by atoms with Crippen molar-refractivity contribution in [1.29, 1.82) is 0 Å². The number of amides is 2. The standard InChI is InChI=1S/C17H24N2OS/c1-14-9-11-19(17(20)18-10-6-12-21-2)16(13-14)15-7-4-3-5-8-15/h3-8,12,14,16H,9-11,13H2,1-2H3,(H,18,20)/b12-6+. The van der Waals surface area contributed by atoms with Crippen LogP contribution in [-0.2, 0) is 0 Å². The minimum Gasteiger partial charge on any atom is -0.334 e. The van der Waals surface area contributed by atoms with E-state index in [2.05, 4.69) is 24.4 Å². The first-order chi connectivity index (χ1) is 10.2. The first-order valence-electron chi connectivity index (χ1n) is 7.49. The monoisotopic (exact) mass is 304 g/mol. The third kappa shape index (κ3) is 4.53. The van der Waals surface area contributed by atoms with Crippen molar-refractivity contribution in [3.05, 3.63) is 47.4 Å². The van der Waals surface area contributed by atoms with Crippen LogP contribution in [-0.4, -0.2) is 30.3 Å². The molecule has 1 aliphatic rings. The smallest absolute Gasteiger partial charge is 0.318 e. The molecule has 0 radical (unpaired) electrons. The molecule has 21 heavy (non-hydrogen) atoms. The van der Waals surface area contributed by atoms with E-state index in [1.807, 2.05) is 40.8 Å². The number of carbonyl (C=O) groups is 1. The number of urea groups is 1. The summed E-state index contributed by atoms with van der Waals surface area (Å²) in [6.45, 7) is 3.69. The molecule has 0 bridgehead atoms. The van der Waals surface area contributed by atoms with Crippen molar-refractivity contribution < 1.29 is 4.79 Å². The zero-order chi connectivity index (χ0) is 15.1. The van der Waals surface area contributed by atoms with Gasteiger partial charge in [-0.1, -0.05) is 43.3 Å². The number of hydrogen-bond acceptors (Lipinski definition) is 2. The van der Waals surface area contributed by atoms with Gasteiger partial charge in [0, 0.05) is 13.1 Å². The number of hydrogen-bond donors (Lipinski definition) is 1. The maximum absolute atomic E-state index is 12.4. The van der Waals surface area contributed by atoms with E-state index < -0.39 is 0 Å². The van der Waals surface area contributed by atoms with Gasteiger partial charge in [0.25, 0.3) is 0 Å². The number of carbonyl (C=O) groups excluding carboxylic acids is 1. The van der Waals surface area contributed by atoms with Gasteiger partial charge in [-0.2, -0.15) is 0 Å². The Hall–Kier alpha value is -1.42. The lowest BCUT2D eigenvalue weighted by atomic mass is 9.88. The van der Waals surface area contributed by atoms with E-state index in [4.69, 9.17) is 0 Å². The number of piperidine rings is 1. The second-order valence-corrected chi connectivity index (χ2v) is 6.29. The second kappa shape index (κ2) is 8.13. The molecule has 2 atom stereocenters. The number of benzene rings is 1. The molecule has 1 aromatic carbocycles. The van der Waals surface area contributed by atoms with Gasteiger partial charge in [-0.25, -0.2) is 4.79 Å². The molecule has 2 rings (SSSR count). The van der Waals surface area contributed by atoms with Gasteiger partial charge >= 0.3 is 6.03 Å². The van der Waals surface area contributed by atoms with Crippen LogP contribution in [0.25, 0.3) is 0 Å². The number of likely N-dealkylation sites (tertiary alicyclic amines) is 1. The quantitative estimate of drug-likeness (QED) is 0.910. The molecule has 1 saturated heterocycles. The molecule has 4 heteroatoms. The van der Waals surface area contributed by atoms with E-state index in [-0.39, 0.29) is 12.1 Å². The fourth-order valence-corrected chi connectivity index (χ4v) is 3.06. The lowest BCUT2D eigenvalue weighted by Crippen LogP contribution is -2.46. The van der Waals surface area contributed by atoms with Crippen molar-refractivity contribution in [1.82, 2.24) is 10.2 Å². The van der Waals surface area contributed by atoms with E-state index in [1.54, 1.807) is 11.8 Å². The van der Waals surface area contributed by atoms with Crippen molar-refractivity contribution in [2.24, 2.45) is 5.92 Å². The molecule has 0 aromatic heterocycles. The predicted octanol–water partition coefficient (Wildman–Crippen LogP) is 4.05. The van der Waals surface area contributed by atoms with Crippen LogP contribution in [0.2, 0.25) is 0 Å². The molecule has 1 heterocycles. The number of nitrogens with one attached hydrogen (secondary N) is 1. The second-order valence-electron chi connectivity index (χ2n) is 5.54. The zero-order valence-corrected chi connectivity index (χ0v) is 13.6. The fourth-order valence-electron chi connectivity index (χ4n) is 2.77. The summed E-state index contributed by atoms with van der Waals surface area (Å²) >= 11 is 1.64. The Morgan fingerprint density at radius 1 is 1.43 bits per heavy atom. The maximum atomic E-state index is 12.4. The summed E-state index contributed by atoms with van der Waals surface area (Å²) in [5.74, 6) is 0.663.